The molecule has 2 heterocycles. The summed E-state index contributed by atoms with van der Waals surface area (Å²) < 4.78 is 0. The summed E-state index contributed by atoms with van der Waals surface area (Å²) in [5, 5.41) is 9.06. The van der Waals surface area contributed by atoms with Crippen LogP contribution in [0.3, 0.4) is 0 Å². The van der Waals surface area contributed by atoms with Crippen molar-refractivity contribution >= 4 is 22.4 Å². The predicted octanol–water partition coefficient (Wildman–Crippen LogP) is 5.39. The summed E-state index contributed by atoms with van der Waals surface area (Å²) in [5.74, 6) is 0.103. The van der Waals surface area contributed by atoms with Crippen molar-refractivity contribution in [2.24, 2.45) is 5.10 Å². The number of fused-ring (bicyclic) bond motifs is 1. The molecular formula is C27H29N3O. The average Bonchev–Trinajstić information content (AvgIpc) is 3.11. The van der Waals surface area contributed by atoms with E-state index in [1.54, 1.807) is 5.01 Å². The van der Waals surface area contributed by atoms with Gasteiger partial charge >= 0.3 is 0 Å². The highest BCUT2D eigenvalue weighted by atomic mass is 16.2. The number of amides is 1. The summed E-state index contributed by atoms with van der Waals surface area (Å²) in [6.45, 7) is 2.48. The number of nitrogens with zero attached hydrogens (tertiary/aromatic N) is 3. The van der Waals surface area contributed by atoms with Gasteiger partial charge in [-0.15, -0.1) is 0 Å². The van der Waals surface area contributed by atoms with Crippen LogP contribution in [0.15, 0.2) is 77.9 Å². The number of hydrogen-bond donors (Lipinski definition) is 0. The summed E-state index contributed by atoms with van der Waals surface area (Å²) in [7, 11) is 0. The minimum atomic E-state index is -0.0397. The fourth-order valence-electron chi connectivity index (χ4n) is 4.78. The standard InChI is InChI=1S/C27H29N3O/c31-27(20-29-16-8-1-2-9-17-29)30-26(22-11-4-3-5-12-22)19-25(28-30)24-15-14-21-10-6-7-13-23(21)18-24/h3-7,10-15,18,26H,1-2,8-9,16-17,19-20H2. The van der Waals surface area contributed by atoms with E-state index < -0.39 is 0 Å². The van der Waals surface area contributed by atoms with Crippen LogP contribution < -0.4 is 0 Å². The Labute approximate surface area is 184 Å². The lowest BCUT2D eigenvalue weighted by atomic mass is 9.97. The minimum Gasteiger partial charge on any atom is -0.294 e. The molecule has 1 saturated heterocycles. The maximum Gasteiger partial charge on any atom is 0.257 e. The molecule has 3 aromatic carbocycles. The molecule has 4 heteroatoms. The zero-order valence-electron chi connectivity index (χ0n) is 17.9. The fourth-order valence-corrected chi connectivity index (χ4v) is 4.78. The molecule has 0 aromatic heterocycles. The molecule has 0 radical (unpaired) electrons. The first-order chi connectivity index (χ1) is 15.3. The van der Waals surface area contributed by atoms with Crippen molar-refractivity contribution in [2.45, 2.75) is 38.1 Å². The van der Waals surface area contributed by atoms with Gasteiger partial charge in [-0.1, -0.05) is 79.6 Å². The van der Waals surface area contributed by atoms with Gasteiger partial charge in [-0.2, -0.15) is 5.10 Å². The van der Waals surface area contributed by atoms with E-state index in [2.05, 4.69) is 59.5 Å². The maximum absolute atomic E-state index is 13.4. The Morgan fingerprint density at radius 3 is 2.32 bits per heavy atom. The zero-order valence-corrected chi connectivity index (χ0v) is 17.9. The van der Waals surface area contributed by atoms with Crippen molar-refractivity contribution in [3.05, 3.63) is 83.9 Å². The van der Waals surface area contributed by atoms with E-state index >= 15 is 0 Å². The molecule has 0 aliphatic carbocycles. The van der Waals surface area contributed by atoms with Crippen molar-refractivity contribution in [1.82, 2.24) is 9.91 Å². The van der Waals surface area contributed by atoms with Gasteiger partial charge in [-0.05, 0) is 53.9 Å². The van der Waals surface area contributed by atoms with E-state index in [9.17, 15) is 4.79 Å². The zero-order chi connectivity index (χ0) is 21.0. The molecule has 2 aliphatic heterocycles. The van der Waals surface area contributed by atoms with Crippen LogP contribution in [0.2, 0.25) is 0 Å². The van der Waals surface area contributed by atoms with Crippen molar-refractivity contribution in [1.29, 1.82) is 0 Å². The first kappa shape index (κ1) is 20.0. The van der Waals surface area contributed by atoms with Crippen LogP contribution >= 0.6 is 0 Å². The second-order valence-electron chi connectivity index (χ2n) is 8.67. The number of rotatable bonds is 4. The van der Waals surface area contributed by atoms with Crippen LogP contribution in [0.1, 0.15) is 49.3 Å². The largest absolute Gasteiger partial charge is 0.294 e. The summed E-state index contributed by atoms with van der Waals surface area (Å²) in [4.78, 5) is 15.7. The number of hydrogen-bond acceptors (Lipinski definition) is 3. The van der Waals surface area contributed by atoms with Crippen LogP contribution in [0, 0.1) is 0 Å². The van der Waals surface area contributed by atoms with Crippen LogP contribution in [0.4, 0.5) is 0 Å². The fraction of sp³-hybridized carbons (Fsp3) is 0.333. The van der Waals surface area contributed by atoms with E-state index in [1.165, 1.54) is 36.5 Å². The molecular weight excluding hydrogens is 382 g/mol. The van der Waals surface area contributed by atoms with Gasteiger partial charge in [0.2, 0.25) is 0 Å². The van der Waals surface area contributed by atoms with Crippen LogP contribution in [0.5, 0.6) is 0 Å². The molecule has 3 aromatic rings. The molecule has 158 valence electrons. The van der Waals surface area contributed by atoms with Gasteiger partial charge in [0.05, 0.1) is 18.3 Å². The molecule has 4 nitrogen and oxygen atoms in total. The molecule has 1 atom stereocenters. The third-order valence-corrected chi connectivity index (χ3v) is 6.49. The third-order valence-electron chi connectivity index (χ3n) is 6.49. The average molecular weight is 412 g/mol. The van der Waals surface area contributed by atoms with Gasteiger partial charge in [0.15, 0.2) is 0 Å². The lowest BCUT2D eigenvalue weighted by Gasteiger charge is -2.26. The quantitative estimate of drug-likeness (QED) is 0.577. The van der Waals surface area contributed by atoms with Crippen molar-refractivity contribution in [3.63, 3.8) is 0 Å². The third kappa shape index (κ3) is 4.40. The lowest BCUT2D eigenvalue weighted by molar-refractivity contribution is -0.134. The van der Waals surface area contributed by atoms with E-state index in [0.29, 0.717) is 6.54 Å². The van der Waals surface area contributed by atoms with Gasteiger partial charge in [0.1, 0.15) is 0 Å². The highest BCUT2D eigenvalue weighted by Crippen LogP contribution is 2.33. The Morgan fingerprint density at radius 1 is 0.839 bits per heavy atom. The van der Waals surface area contributed by atoms with Gasteiger partial charge in [0, 0.05) is 6.42 Å². The Kier molecular flexibility index (Phi) is 5.81. The van der Waals surface area contributed by atoms with E-state index in [1.807, 2.05) is 18.2 Å². The van der Waals surface area contributed by atoms with Crippen LogP contribution in [0.25, 0.3) is 10.8 Å². The monoisotopic (exact) mass is 411 g/mol. The second kappa shape index (κ2) is 9.03. The summed E-state index contributed by atoms with van der Waals surface area (Å²) in [6.07, 6.45) is 5.65. The normalized spacial score (nSPS) is 19.9. The highest BCUT2D eigenvalue weighted by molar-refractivity contribution is 6.05. The Balaban J connectivity index is 1.44. The number of carbonyl (C=O) groups excluding carboxylic acids is 1. The molecule has 0 spiro atoms. The van der Waals surface area contributed by atoms with Gasteiger partial charge in [-0.25, -0.2) is 5.01 Å². The molecule has 2 aliphatic rings. The number of benzene rings is 3. The van der Waals surface area contributed by atoms with E-state index in [4.69, 9.17) is 5.10 Å². The SMILES string of the molecule is O=C(CN1CCCCCC1)N1N=C(c2ccc3ccccc3c2)CC1c1ccccc1. The Hall–Kier alpha value is -2.98. The molecule has 0 saturated carbocycles. The number of carbonyl (C=O) groups is 1. The Bertz CT molecular complexity index is 1080. The molecule has 0 N–H and O–H groups in total. The van der Waals surface area contributed by atoms with E-state index in [0.717, 1.165) is 36.3 Å². The molecule has 1 fully saturated rings. The lowest BCUT2D eigenvalue weighted by Crippen LogP contribution is -2.38. The van der Waals surface area contributed by atoms with Crippen molar-refractivity contribution in [3.8, 4) is 0 Å². The smallest absolute Gasteiger partial charge is 0.257 e. The number of hydrazone groups is 1. The van der Waals surface area contributed by atoms with Gasteiger partial charge in [0.25, 0.3) is 5.91 Å². The molecule has 0 bridgehead atoms. The Morgan fingerprint density at radius 2 is 1.55 bits per heavy atom. The number of likely N-dealkylation sites (tertiary alicyclic amines) is 1. The molecule has 31 heavy (non-hydrogen) atoms. The van der Waals surface area contributed by atoms with Crippen LogP contribution in [-0.4, -0.2) is 41.2 Å². The minimum absolute atomic E-state index is 0.0397. The first-order valence-corrected chi connectivity index (χ1v) is 11.4. The van der Waals surface area contributed by atoms with Crippen molar-refractivity contribution in [2.75, 3.05) is 19.6 Å². The molecule has 1 amide bonds. The summed E-state index contributed by atoms with van der Waals surface area (Å²) in [5.41, 5.74) is 3.24. The predicted molar refractivity (Wildman–Crippen MR) is 126 cm³/mol. The maximum atomic E-state index is 13.4. The topological polar surface area (TPSA) is 35.9 Å². The van der Waals surface area contributed by atoms with E-state index in [-0.39, 0.29) is 11.9 Å². The second-order valence-corrected chi connectivity index (χ2v) is 8.67. The van der Waals surface area contributed by atoms with Gasteiger partial charge < -0.3 is 0 Å². The summed E-state index contributed by atoms with van der Waals surface area (Å²) >= 11 is 0. The summed E-state index contributed by atoms with van der Waals surface area (Å²) in [6, 6.07) is 25.1. The van der Waals surface area contributed by atoms with Gasteiger partial charge in [-0.3, -0.25) is 9.69 Å². The molecule has 1 unspecified atom stereocenters. The van der Waals surface area contributed by atoms with Crippen molar-refractivity contribution < 1.29 is 4.79 Å². The first-order valence-electron chi connectivity index (χ1n) is 11.4. The van der Waals surface area contributed by atoms with Crippen LogP contribution in [-0.2, 0) is 4.79 Å². The molecule has 5 rings (SSSR count). The highest BCUT2D eigenvalue weighted by Gasteiger charge is 2.33.